The molecule has 34 heavy (non-hydrogen) atoms. The number of carbonyl (C=O) groups excluding carboxylic acids is 2. The molecule has 2 aliphatic rings. The van der Waals surface area contributed by atoms with Crippen molar-refractivity contribution in [3.63, 3.8) is 0 Å². The van der Waals surface area contributed by atoms with E-state index >= 15 is 0 Å². The van der Waals surface area contributed by atoms with Crippen molar-refractivity contribution in [3.05, 3.63) is 89.0 Å². The number of benzene rings is 2. The molecule has 0 aliphatic carbocycles. The summed E-state index contributed by atoms with van der Waals surface area (Å²) in [6, 6.07) is 11.5. The number of ether oxygens (including phenoxy) is 2. The van der Waals surface area contributed by atoms with Gasteiger partial charge in [0.1, 0.15) is 30.0 Å². The monoisotopic (exact) mass is 474 g/mol. The molecule has 0 radical (unpaired) electrons. The molecule has 1 saturated heterocycles. The Morgan fingerprint density at radius 1 is 1.32 bits per heavy atom. The summed E-state index contributed by atoms with van der Waals surface area (Å²) >= 11 is 1.25. The Labute approximate surface area is 200 Å². The fourth-order valence-electron chi connectivity index (χ4n) is 4.33. The van der Waals surface area contributed by atoms with E-state index in [9.17, 15) is 14.7 Å². The first-order valence-electron chi connectivity index (χ1n) is 10.8. The van der Waals surface area contributed by atoms with Gasteiger partial charge in [0.25, 0.3) is 5.78 Å². The fourth-order valence-corrected chi connectivity index (χ4v) is 5.00. The number of anilines is 1. The van der Waals surface area contributed by atoms with Gasteiger partial charge in [0.15, 0.2) is 5.13 Å². The normalized spacial score (nSPS) is 20.8. The number of aliphatic hydroxyl groups excluding tert-OH is 1. The van der Waals surface area contributed by atoms with Gasteiger partial charge in [0, 0.05) is 23.6 Å². The molecule has 0 saturated carbocycles. The summed E-state index contributed by atoms with van der Waals surface area (Å²) in [6.07, 6.45) is 3.95. The van der Waals surface area contributed by atoms with E-state index in [-0.39, 0.29) is 17.4 Å². The van der Waals surface area contributed by atoms with Crippen molar-refractivity contribution in [1.82, 2.24) is 4.98 Å². The van der Waals surface area contributed by atoms with Gasteiger partial charge in [-0.2, -0.15) is 0 Å². The van der Waals surface area contributed by atoms with Crippen molar-refractivity contribution in [3.8, 4) is 11.5 Å². The van der Waals surface area contributed by atoms with Crippen molar-refractivity contribution in [1.29, 1.82) is 0 Å². The maximum Gasteiger partial charge on any atom is 0.301 e. The van der Waals surface area contributed by atoms with Crippen LogP contribution in [0.5, 0.6) is 11.5 Å². The first-order chi connectivity index (χ1) is 16.5. The minimum Gasteiger partial charge on any atom is -0.507 e. The minimum atomic E-state index is -0.859. The molecule has 3 aromatic rings. The Morgan fingerprint density at radius 2 is 2.18 bits per heavy atom. The van der Waals surface area contributed by atoms with Crippen molar-refractivity contribution in [2.24, 2.45) is 0 Å². The van der Waals surface area contributed by atoms with Crippen LogP contribution in [0.3, 0.4) is 0 Å². The van der Waals surface area contributed by atoms with Crippen LogP contribution in [0.15, 0.2) is 72.3 Å². The molecule has 172 valence electrons. The maximum atomic E-state index is 13.3. The van der Waals surface area contributed by atoms with Gasteiger partial charge >= 0.3 is 5.91 Å². The second-order valence-corrected chi connectivity index (χ2v) is 8.98. The standard InChI is InChI=1S/C26H22N2O5S/c1-3-10-32-19-6-4-5-16(14-19)22-21(24(30)25(31)28(22)26-27-9-11-34-26)23(29)17-7-8-20-18(13-17)12-15(2)33-20/h3-9,11,13-15,22,29H,1,10,12H2,2H3/b23-21+. The van der Waals surface area contributed by atoms with E-state index in [4.69, 9.17) is 9.47 Å². The minimum absolute atomic E-state index is 0.00739. The van der Waals surface area contributed by atoms with Crippen LogP contribution in [0.2, 0.25) is 0 Å². The second-order valence-electron chi connectivity index (χ2n) is 8.11. The topological polar surface area (TPSA) is 89.0 Å². The van der Waals surface area contributed by atoms with Crippen LogP contribution in [0, 0.1) is 0 Å². The molecule has 2 unspecified atom stereocenters. The Bertz CT molecular complexity index is 1310. The first kappa shape index (κ1) is 21.9. The fraction of sp³-hybridized carbons (Fsp3) is 0.192. The third-order valence-corrected chi connectivity index (χ3v) is 6.55. The summed E-state index contributed by atoms with van der Waals surface area (Å²) in [7, 11) is 0. The van der Waals surface area contributed by atoms with E-state index in [0.29, 0.717) is 35.0 Å². The number of hydrogen-bond donors (Lipinski definition) is 1. The molecule has 3 heterocycles. The molecule has 5 rings (SSSR count). The lowest BCUT2D eigenvalue weighted by Gasteiger charge is -2.23. The summed E-state index contributed by atoms with van der Waals surface area (Å²) in [5.74, 6) is -0.416. The number of Topliss-reactive ketones (excluding diaryl/α,β-unsaturated/α-hetero) is 1. The molecule has 2 aliphatic heterocycles. The van der Waals surface area contributed by atoms with Crippen LogP contribution < -0.4 is 14.4 Å². The van der Waals surface area contributed by atoms with Gasteiger partial charge in [0.05, 0.1) is 11.6 Å². The summed E-state index contributed by atoms with van der Waals surface area (Å²) < 4.78 is 11.4. The zero-order chi connectivity index (χ0) is 23.8. The summed E-state index contributed by atoms with van der Waals surface area (Å²) in [5.41, 5.74) is 2.03. The molecule has 2 aromatic carbocycles. The predicted octanol–water partition coefficient (Wildman–Crippen LogP) is 4.66. The van der Waals surface area contributed by atoms with Gasteiger partial charge in [-0.1, -0.05) is 24.8 Å². The highest BCUT2D eigenvalue weighted by molar-refractivity contribution is 7.14. The zero-order valence-corrected chi connectivity index (χ0v) is 19.2. The van der Waals surface area contributed by atoms with Crippen LogP contribution in [-0.4, -0.2) is 34.5 Å². The lowest BCUT2D eigenvalue weighted by molar-refractivity contribution is -0.132. The Hall–Kier alpha value is -3.91. The SMILES string of the molecule is C=CCOc1cccc(C2/C(=C(\O)c3ccc4c(c3)CC(C)O4)C(=O)C(=O)N2c2nccs2)c1. The summed E-state index contributed by atoms with van der Waals surface area (Å²) in [6.45, 7) is 5.94. The molecule has 7 nitrogen and oxygen atoms in total. The smallest absolute Gasteiger partial charge is 0.301 e. The van der Waals surface area contributed by atoms with E-state index in [1.54, 1.807) is 54.1 Å². The molecule has 2 atom stereocenters. The van der Waals surface area contributed by atoms with Gasteiger partial charge < -0.3 is 14.6 Å². The van der Waals surface area contributed by atoms with E-state index in [0.717, 1.165) is 11.3 Å². The quantitative estimate of drug-likeness (QED) is 0.242. The van der Waals surface area contributed by atoms with Gasteiger partial charge in [-0.05, 0) is 48.4 Å². The highest BCUT2D eigenvalue weighted by atomic mass is 32.1. The number of amides is 1. The van der Waals surface area contributed by atoms with E-state index in [2.05, 4.69) is 11.6 Å². The van der Waals surface area contributed by atoms with Crippen molar-refractivity contribution < 1.29 is 24.2 Å². The number of carbonyl (C=O) groups is 2. The third-order valence-electron chi connectivity index (χ3n) is 5.78. The van der Waals surface area contributed by atoms with Crippen molar-refractivity contribution in [2.45, 2.75) is 25.5 Å². The number of aromatic nitrogens is 1. The van der Waals surface area contributed by atoms with Crippen LogP contribution in [0.1, 0.15) is 29.7 Å². The van der Waals surface area contributed by atoms with Crippen LogP contribution in [0.25, 0.3) is 5.76 Å². The lowest BCUT2D eigenvalue weighted by Crippen LogP contribution is -2.29. The van der Waals surface area contributed by atoms with E-state index in [1.807, 2.05) is 13.0 Å². The van der Waals surface area contributed by atoms with Crippen LogP contribution in [0.4, 0.5) is 5.13 Å². The Morgan fingerprint density at radius 3 is 2.94 bits per heavy atom. The number of fused-ring (bicyclic) bond motifs is 1. The third kappa shape index (κ3) is 3.76. The maximum absolute atomic E-state index is 13.3. The van der Waals surface area contributed by atoms with Crippen molar-refractivity contribution >= 4 is 33.9 Å². The largest absolute Gasteiger partial charge is 0.507 e. The molecule has 0 spiro atoms. The number of aliphatic hydroxyl groups is 1. The highest BCUT2D eigenvalue weighted by Crippen LogP contribution is 2.44. The predicted molar refractivity (Wildman–Crippen MR) is 129 cm³/mol. The molecule has 1 fully saturated rings. The average molecular weight is 475 g/mol. The van der Waals surface area contributed by atoms with Crippen LogP contribution >= 0.6 is 11.3 Å². The lowest BCUT2D eigenvalue weighted by atomic mass is 9.94. The Balaban J connectivity index is 1.66. The number of ketones is 1. The molecule has 0 bridgehead atoms. The second kappa shape index (κ2) is 8.79. The molecule has 1 N–H and O–H groups in total. The number of rotatable bonds is 6. The Kier molecular flexibility index (Phi) is 5.67. The van der Waals surface area contributed by atoms with Gasteiger partial charge in [-0.15, -0.1) is 11.3 Å². The van der Waals surface area contributed by atoms with Crippen molar-refractivity contribution in [2.75, 3.05) is 11.5 Å². The summed E-state index contributed by atoms with van der Waals surface area (Å²) in [5, 5.41) is 13.4. The van der Waals surface area contributed by atoms with E-state index < -0.39 is 17.7 Å². The molecule has 1 amide bonds. The average Bonchev–Trinajstić information content (AvgIpc) is 3.55. The zero-order valence-electron chi connectivity index (χ0n) is 18.4. The van der Waals surface area contributed by atoms with Gasteiger partial charge in [0.2, 0.25) is 0 Å². The first-order valence-corrected chi connectivity index (χ1v) is 11.7. The number of thiazole rings is 1. The number of hydrogen-bond acceptors (Lipinski definition) is 7. The molecule has 8 heteroatoms. The molecular formula is C26H22N2O5S. The van der Waals surface area contributed by atoms with E-state index in [1.165, 1.54) is 16.2 Å². The van der Waals surface area contributed by atoms with Gasteiger partial charge in [-0.3, -0.25) is 14.5 Å². The molecular weight excluding hydrogens is 452 g/mol. The van der Waals surface area contributed by atoms with Crippen LogP contribution in [-0.2, 0) is 16.0 Å². The summed E-state index contributed by atoms with van der Waals surface area (Å²) in [4.78, 5) is 32.0. The molecule has 1 aromatic heterocycles. The number of nitrogens with zero attached hydrogens (tertiary/aromatic N) is 2. The van der Waals surface area contributed by atoms with Gasteiger partial charge in [-0.25, -0.2) is 4.98 Å². The highest BCUT2D eigenvalue weighted by Gasteiger charge is 2.48.